The van der Waals surface area contributed by atoms with Crippen LogP contribution in [0.5, 0.6) is 0 Å². The minimum Gasteiger partial charge on any atom is -0.480 e. The maximum absolute atomic E-state index is 11.7. The molecule has 2 amide bonds. The van der Waals surface area contributed by atoms with Gasteiger partial charge < -0.3 is 36.0 Å². The zero-order chi connectivity index (χ0) is 18.4. The van der Waals surface area contributed by atoms with Crippen LogP contribution in [-0.4, -0.2) is 54.5 Å². The number of imidazole rings is 1. The number of nitrogens with one attached hydrogen (secondary N) is 3. The molecule has 12 heteroatoms. The molecule has 136 valence electrons. The van der Waals surface area contributed by atoms with E-state index in [4.69, 9.17) is 15.3 Å². The number of aromatic nitrogens is 4. The highest BCUT2D eigenvalue weighted by atomic mass is 16.4. The van der Waals surface area contributed by atoms with Crippen molar-refractivity contribution < 1.29 is 24.2 Å². The predicted molar refractivity (Wildman–Crippen MR) is 82.0 cm³/mol. The number of rotatable bonds is 8. The summed E-state index contributed by atoms with van der Waals surface area (Å²) >= 11 is 0. The number of aliphatic hydroxyl groups is 1. The van der Waals surface area contributed by atoms with Gasteiger partial charge in [-0.25, -0.2) is 14.6 Å². The number of carboxylic acid groups (broad SMARTS) is 1. The van der Waals surface area contributed by atoms with Crippen LogP contribution in [0, 0.1) is 0 Å². The summed E-state index contributed by atoms with van der Waals surface area (Å²) in [5.41, 5.74) is 6.76. The second kappa shape index (κ2) is 8.21. The molecule has 0 aliphatic carbocycles. The first-order valence-corrected chi connectivity index (χ1v) is 7.37. The van der Waals surface area contributed by atoms with Crippen LogP contribution >= 0.6 is 0 Å². The van der Waals surface area contributed by atoms with Crippen molar-refractivity contribution in [3.63, 3.8) is 0 Å². The van der Waals surface area contributed by atoms with Crippen molar-refractivity contribution >= 4 is 12.0 Å². The average molecular weight is 353 g/mol. The van der Waals surface area contributed by atoms with E-state index in [1.165, 1.54) is 13.3 Å². The number of nitrogens with zero attached hydrogens (tertiary/aromatic N) is 3. The maximum Gasteiger partial charge on any atom is 0.328 e. The van der Waals surface area contributed by atoms with Gasteiger partial charge >= 0.3 is 12.0 Å². The van der Waals surface area contributed by atoms with E-state index in [0.717, 1.165) is 5.69 Å². The minimum absolute atomic E-state index is 0.106. The summed E-state index contributed by atoms with van der Waals surface area (Å²) in [7, 11) is 0. The number of aromatic amines is 1. The normalized spacial score (nSPS) is 14.5. The van der Waals surface area contributed by atoms with E-state index in [1.807, 2.05) is 0 Å². The molecule has 0 spiro atoms. The molecule has 0 saturated heterocycles. The third kappa shape index (κ3) is 5.26. The Morgan fingerprint density at radius 1 is 1.44 bits per heavy atom. The lowest BCUT2D eigenvalue weighted by Gasteiger charge is -2.16. The molecule has 2 heterocycles. The smallest absolute Gasteiger partial charge is 0.328 e. The second-order valence-electron chi connectivity index (χ2n) is 5.31. The zero-order valence-corrected chi connectivity index (χ0v) is 13.3. The highest BCUT2D eigenvalue weighted by molar-refractivity contribution is 5.82. The highest BCUT2D eigenvalue weighted by Gasteiger charge is 2.25. The van der Waals surface area contributed by atoms with Crippen molar-refractivity contribution in [3.8, 4) is 0 Å². The van der Waals surface area contributed by atoms with Crippen LogP contribution in [-0.2, 0) is 17.8 Å². The lowest BCUT2D eigenvalue weighted by Crippen LogP contribution is -2.51. The zero-order valence-electron chi connectivity index (χ0n) is 13.3. The molecular formula is C13H19N7O5. The lowest BCUT2D eigenvalue weighted by molar-refractivity contribution is -0.141. The second-order valence-corrected chi connectivity index (χ2v) is 5.31. The van der Waals surface area contributed by atoms with Gasteiger partial charge in [-0.3, -0.25) is 0 Å². The SMILES string of the molecule is CC(O)C(NC(=O)NCc1nnc(C(N)Cc2cnc[nH]2)o1)C(=O)O. The van der Waals surface area contributed by atoms with Gasteiger partial charge in [-0.1, -0.05) is 0 Å². The van der Waals surface area contributed by atoms with Crippen molar-refractivity contribution in [2.24, 2.45) is 5.73 Å². The van der Waals surface area contributed by atoms with Crippen LogP contribution in [0.1, 0.15) is 30.4 Å². The Bertz CT molecular complexity index is 699. The van der Waals surface area contributed by atoms with Crippen LogP contribution in [0.25, 0.3) is 0 Å². The number of carboxylic acids is 1. The number of carbonyl (C=O) groups is 2. The third-order valence-corrected chi connectivity index (χ3v) is 3.23. The Morgan fingerprint density at radius 3 is 2.80 bits per heavy atom. The molecule has 3 atom stereocenters. The highest BCUT2D eigenvalue weighted by Crippen LogP contribution is 2.13. The summed E-state index contributed by atoms with van der Waals surface area (Å²) in [6, 6.07) is -2.77. The molecule has 0 bridgehead atoms. The number of hydrogen-bond donors (Lipinski definition) is 6. The molecule has 7 N–H and O–H groups in total. The van der Waals surface area contributed by atoms with Gasteiger partial charge in [0, 0.05) is 18.3 Å². The van der Waals surface area contributed by atoms with Crippen LogP contribution in [0.3, 0.4) is 0 Å². The van der Waals surface area contributed by atoms with Crippen LogP contribution in [0.15, 0.2) is 16.9 Å². The fourth-order valence-corrected chi connectivity index (χ4v) is 1.95. The van der Waals surface area contributed by atoms with Gasteiger partial charge in [-0.05, 0) is 6.92 Å². The number of amides is 2. The Kier molecular flexibility index (Phi) is 6.03. The van der Waals surface area contributed by atoms with Gasteiger partial charge in [0.1, 0.15) is 0 Å². The van der Waals surface area contributed by atoms with Crippen molar-refractivity contribution in [1.29, 1.82) is 0 Å². The molecule has 12 nitrogen and oxygen atoms in total. The summed E-state index contributed by atoms with van der Waals surface area (Å²) in [6.45, 7) is 1.13. The largest absolute Gasteiger partial charge is 0.480 e. The minimum atomic E-state index is -1.43. The molecule has 3 unspecified atom stereocenters. The molecule has 0 saturated carbocycles. The molecule has 25 heavy (non-hydrogen) atoms. The number of urea groups is 1. The number of nitrogens with two attached hydrogens (primary N) is 1. The van der Waals surface area contributed by atoms with E-state index in [2.05, 4.69) is 30.8 Å². The summed E-state index contributed by atoms with van der Waals surface area (Å²) < 4.78 is 5.35. The van der Waals surface area contributed by atoms with Gasteiger partial charge in [0.05, 0.1) is 25.0 Å². The van der Waals surface area contributed by atoms with E-state index < -0.39 is 30.2 Å². The Morgan fingerprint density at radius 2 is 2.20 bits per heavy atom. The molecule has 0 radical (unpaired) electrons. The molecule has 2 aromatic rings. The van der Waals surface area contributed by atoms with Crippen molar-refractivity contribution in [2.45, 2.75) is 38.1 Å². The van der Waals surface area contributed by atoms with Crippen LogP contribution < -0.4 is 16.4 Å². The molecule has 0 aromatic carbocycles. The predicted octanol–water partition coefficient (Wildman–Crippen LogP) is -1.33. The number of hydrogen-bond acceptors (Lipinski definition) is 8. The van der Waals surface area contributed by atoms with Crippen molar-refractivity contribution in [2.75, 3.05) is 0 Å². The van der Waals surface area contributed by atoms with Gasteiger partial charge in [0.2, 0.25) is 11.8 Å². The molecule has 2 rings (SSSR count). The lowest BCUT2D eigenvalue weighted by atomic mass is 10.2. The van der Waals surface area contributed by atoms with Crippen LogP contribution in [0.4, 0.5) is 4.79 Å². The number of H-pyrrole nitrogens is 1. The van der Waals surface area contributed by atoms with E-state index >= 15 is 0 Å². The summed E-state index contributed by atoms with van der Waals surface area (Å²) in [4.78, 5) is 29.3. The monoisotopic (exact) mass is 353 g/mol. The third-order valence-electron chi connectivity index (χ3n) is 3.23. The summed E-state index contributed by atoms with van der Waals surface area (Å²) in [6.07, 6.45) is 2.33. The molecular weight excluding hydrogens is 334 g/mol. The van der Waals surface area contributed by atoms with Crippen molar-refractivity contribution in [1.82, 2.24) is 30.8 Å². The Hall–Kier alpha value is -2.99. The number of aliphatic carboxylic acids is 1. The first-order valence-electron chi connectivity index (χ1n) is 7.37. The summed E-state index contributed by atoms with van der Waals surface area (Å²) in [5, 5.41) is 30.2. The first-order chi connectivity index (χ1) is 11.9. The topological polar surface area (TPSA) is 192 Å². The molecule has 0 aliphatic rings. The van der Waals surface area contributed by atoms with Gasteiger partial charge in [-0.15, -0.1) is 10.2 Å². The number of aliphatic hydroxyl groups excluding tert-OH is 1. The number of carbonyl (C=O) groups excluding carboxylic acids is 1. The average Bonchev–Trinajstić information content (AvgIpc) is 3.21. The summed E-state index contributed by atoms with van der Waals surface area (Å²) in [5.74, 6) is -1.05. The molecule has 0 aliphatic heterocycles. The van der Waals surface area contributed by atoms with E-state index in [9.17, 15) is 14.7 Å². The van der Waals surface area contributed by atoms with E-state index in [0.29, 0.717) is 6.42 Å². The van der Waals surface area contributed by atoms with Gasteiger partial charge in [0.25, 0.3) is 0 Å². The molecule has 0 fully saturated rings. The Balaban J connectivity index is 1.84. The standard InChI is InChI=1S/C13H19N7O5/c1-6(21)10(12(22)23)18-13(24)16-4-9-19-20-11(25-9)8(14)2-7-3-15-5-17-7/h3,5-6,8,10,21H,2,4,14H2,1H3,(H,15,17)(H,22,23)(H2,16,18,24). The first kappa shape index (κ1) is 18.4. The Labute approximate surface area is 141 Å². The van der Waals surface area contributed by atoms with Crippen molar-refractivity contribution in [3.05, 3.63) is 30.0 Å². The molecule has 2 aromatic heterocycles. The fourth-order valence-electron chi connectivity index (χ4n) is 1.95. The quantitative estimate of drug-likeness (QED) is 0.333. The van der Waals surface area contributed by atoms with E-state index in [1.54, 1.807) is 6.20 Å². The van der Waals surface area contributed by atoms with Gasteiger partial charge in [0.15, 0.2) is 6.04 Å². The van der Waals surface area contributed by atoms with E-state index in [-0.39, 0.29) is 18.3 Å². The fraction of sp³-hybridized carbons (Fsp3) is 0.462. The van der Waals surface area contributed by atoms with Gasteiger partial charge in [-0.2, -0.15) is 0 Å². The maximum atomic E-state index is 11.7. The van der Waals surface area contributed by atoms with Crippen LogP contribution in [0.2, 0.25) is 0 Å².